The van der Waals surface area contributed by atoms with Crippen LogP contribution in [0.1, 0.15) is 30.9 Å². The molecule has 0 saturated heterocycles. The number of phenols is 1. The SMILES string of the molecule is CC1=C2c3ccc(O)cc3[CH-]C2CCC1=O.[Pr+3]. The van der Waals surface area contributed by atoms with Gasteiger partial charge in [0.2, 0.25) is 0 Å². The maximum Gasteiger partial charge on any atom is 3.00 e. The van der Waals surface area contributed by atoms with Crippen molar-refractivity contribution >= 4 is 11.4 Å². The molecule has 1 atom stereocenters. The summed E-state index contributed by atoms with van der Waals surface area (Å²) in [6.07, 6.45) is 3.72. The third-order valence-electron chi connectivity index (χ3n) is 3.58. The molecule has 82 valence electrons. The first-order valence-electron chi connectivity index (χ1n) is 5.59. The van der Waals surface area contributed by atoms with Crippen LogP contribution in [0.25, 0.3) is 5.57 Å². The van der Waals surface area contributed by atoms with E-state index in [1.165, 1.54) is 5.57 Å². The summed E-state index contributed by atoms with van der Waals surface area (Å²) in [5, 5.41) is 9.44. The molecular formula is C14H13O2Pr+2. The van der Waals surface area contributed by atoms with E-state index in [9.17, 15) is 9.90 Å². The van der Waals surface area contributed by atoms with E-state index < -0.39 is 0 Å². The molecule has 0 heterocycles. The van der Waals surface area contributed by atoms with Crippen LogP contribution in [0.4, 0.5) is 0 Å². The van der Waals surface area contributed by atoms with E-state index in [1.807, 2.05) is 13.0 Å². The number of fused-ring (bicyclic) bond motifs is 3. The summed E-state index contributed by atoms with van der Waals surface area (Å²) in [6, 6.07) is 5.38. The van der Waals surface area contributed by atoms with Crippen molar-refractivity contribution in [2.24, 2.45) is 5.92 Å². The topological polar surface area (TPSA) is 37.3 Å². The van der Waals surface area contributed by atoms with Gasteiger partial charge < -0.3 is 5.11 Å². The van der Waals surface area contributed by atoms with Gasteiger partial charge in [0, 0.05) is 6.42 Å². The van der Waals surface area contributed by atoms with Crippen LogP contribution in [0.2, 0.25) is 0 Å². The van der Waals surface area contributed by atoms with Crippen molar-refractivity contribution < 1.29 is 51.2 Å². The Morgan fingerprint density at radius 1 is 1.41 bits per heavy atom. The Labute approximate surface area is 134 Å². The number of rotatable bonds is 0. The van der Waals surface area contributed by atoms with Crippen molar-refractivity contribution in [3.8, 4) is 5.75 Å². The Kier molecular flexibility index (Phi) is 3.65. The van der Waals surface area contributed by atoms with Crippen LogP contribution in [-0.2, 0) is 4.79 Å². The first-order valence-corrected chi connectivity index (χ1v) is 5.59. The molecule has 1 N–H and O–H groups in total. The normalized spacial score (nSPS) is 21.5. The Hall–Kier alpha value is -0.336. The Bertz CT molecular complexity index is 517. The number of carbonyl (C=O) groups is 1. The summed E-state index contributed by atoms with van der Waals surface area (Å²) in [5.74, 6) is 0.924. The molecule has 17 heavy (non-hydrogen) atoms. The van der Waals surface area contributed by atoms with Gasteiger partial charge >= 0.3 is 41.3 Å². The summed E-state index contributed by atoms with van der Waals surface area (Å²) in [4.78, 5) is 11.7. The largest absolute Gasteiger partial charge is 3.00 e. The minimum atomic E-state index is 0. The summed E-state index contributed by atoms with van der Waals surface area (Å²) in [6.45, 7) is 1.92. The van der Waals surface area contributed by atoms with E-state index in [1.54, 1.807) is 12.1 Å². The van der Waals surface area contributed by atoms with Crippen molar-refractivity contribution in [3.05, 3.63) is 41.3 Å². The fraction of sp³-hybridized carbons (Fsp3) is 0.286. The number of phenolic OH excluding ortho intramolecular Hbond substituents is 1. The van der Waals surface area contributed by atoms with Crippen molar-refractivity contribution in [1.29, 1.82) is 0 Å². The number of aromatic hydroxyl groups is 1. The summed E-state index contributed by atoms with van der Waals surface area (Å²) >= 11 is 0. The predicted octanol–water partition coefficient (Wildman–Crippen LogP) is 2.71. The number of hydrogen-bond donors (Lipinski definition) is 1. The van der Waals surface area contributed by atoms with Crippen molar-refractivity contribution in [3.63, 3.8) is 0 Å². The van der Waals surface area contributed by atoms with E-state index in [0.29, 0.717) is 18.1 Å². The number of hydrogen-bond acceptors (Lipinski definition) is 2. The van der Waals surface area contributed by atoms with Gasteiger partial charge in [-0.2, -0.15) is 12.0 Å². The van der Waals surface area contributed by atoms with Gasteiger partial charge in [-0.15, -0.1) is 17.7 Å². The molecule has 0 saturated carbocycles. The Morgan fingerprint density at radius 2 is 2.18 bits per heavy atom. The second-order valence-electron chi connectivity index (χ2n) is 4.55. The number of ketones is 1. The smallest absolute Gasteiger partial charge is 0.521 e. The molecule has 0 fully saturated rings. The monoisotopic (exact) mass is 354 g/mol. The fourth-order valence-electron chi connectivity index (χ4n) is 2.77. The zero-order chi connectivity index (χ0) is 11.3. The van der Waals surface area contributed by atoms with Crippen molar-refractivity contribution in [2.45, 2.75) is 19.8 Å². The van der Waals surface area contributed by atoms with Crippen LogP contribution in [0.3, 0.4) is 0 Å². The average molecular weight is 354 g/mol. The van der Waals surface area contributed by atoms with E-state index in [0.717, 1.165) is 23.1 Å². The molecule has 3 heteroatoms. The third-order valence-corrected chi connectivity index (χ3v) is 3.58. The van der Waals surface area contributed by atoms with E-state index in [2.05, 4.69) is 6.42 Å². The molecule has 1 aromatic rings. The molecule has 1 unspecified atom stereocenters. The van der Waals surface area contributed by atoms with Crippen molar-refractivity contribution in [1.82, 2.24) is 0 Å². The number of carbonyl (C=O) groups excluding carboxylic acids is 1. The van der Waals surface area contributed by atoms with Gasteiger partial charge in [-0.05, 0) is 25.0 Å². The van der Waals surface area contributed by atoms with E-state index >= 15 is 0 Å². The second kappa shape index (κ2) is 4.74. The predicted molar refractivity (Wildman–Crippen MR) is 61.8 cm³/mol. The van der Waals surface area contributed by atoms with Crippen LogP contribution >= 0.6 is 0 Å². The quantitative estimate of drug-likeness (QED) is 0.728. The first kappa shape index (κ1) is 13.1. The molecule has 0 bridgehead atoms. The maximum absolute atomic E-state index is 11.7. The van der Waals surface area contributed by atoms with Gasteiger partial charge in [0.1, 0.15) is 0 Å². The van der Waals surface area contributed by atoms with Crippen LogP contribution in [0.15, 0.2) is 23.8 Å². The number of benzene rings is 1. The molecule has 0 amide bonds. The van der Waals surface area contributed by atoms with E-state index in [-0.39, 0.29) is 47.1 Å². The summed E-state index contributed by atoms with van der Waals surface area (Å²) in [5.41, 5.74) is 4.26. The van der Waals surface area contributed by atoms with Gasteiger partial charge in [-0.3, -0.25) is 4.79 Å². The number of Topliss-reactive ketones (excluding diaryl/α,β-unsaturated/α-hetero) is 1. The van der Waals surface area contributed by atoms with Gasteiger partial charge in [-0.1, -0.05) is 11.5 Å². The standard InChI is InChI=1S/C14H13O2.Pr/c1-8-13(16)5-2-9-6-10-7-11(15)3-4-12(10)14(8)9;/h3-4,6-7,9,15H,2,5H2,1H3;/q-1;+3. The molecule has 0 aromatic heterocycles. The van der Waals surface area contributed by atoms with Crippen LogP contribution in [0.5, 0.6) is 5.75 Å². The number of allylic oxidation sites excluding steroid dienone is 2. The molecule has 0 spiro atoms. The molecule has 2 nitrogen and oxygen atoms in total. The van der Waals surface area contributed by atoms with Gasteiger partial charge in [0.15, 0.2) is 5.78 Å². The average Bonchev–Trinajstić information content (AvgIpc) is 2.61. The minimum Gasteiger partial charge on any atom is -0.521 e. The third kappa shape index (κ3) is 2.06. The zero-order valence-electron chi connectivity index (χ0n) is 9.73. The zero-order valence-corrected chi connectivity index (χ0v) is 13.4. The fourth-order valence-corrected chi connectivity index (χ4v) is 2.77. The Balaban J connectivity index is 0.00000108. The molecule has 0 radical (unpaired) electrons. The summed E-state index contributed by atoms with van der Waals surface area (Å²) < 4.78 is 0. The summed E-state index contributed by atoms with van der Waals surface area (Å²) in [7, 11) is 0. The van der Waals surface area contributed by atoms with E-state index in [4.69, 9.17) is 0 Å². The van der Waals surface area contributed by atoms with Crippen LogP contribution in [0, 0.1) is 53.6 Å². The second-order valence-corrected chi connectivity index (χ2v) is 4.55. The molecule has 3 rings (SSSR count). The van der Waals surface area contributed by atoms with Gasteiger partial charge in [-0.25, -0.2) is 0 Å². The molecule has 1 aromatic carbocycles. The first-order chi connectivity index (χ1) is 7.66. The van der Waals surface area contributed by atoms with Crippen LogP contribution < -0.4 is 0 Å². The van der Waals surface area contributed by atoms with Gasteiger partial charge in [0.25, 0.3) is 0 Å². The Morgan fingerprint density at radius 3 is 2.94 bits per heavy atom. The van der Waals surface area contributed by atoms with Gasteiger partial charge in [0.05, 0.1) is 5.75 Å². The molecule has 2 aliphatic rings. The van der Waals surface area contributed by atoms with Crippen LogP contribution in [-0.4, -0.2) is 10.9 Å². The minimum absolute atomic E-state index is 0. The maximum atomic E-state index is 11.7. The molecule has 0 aliphatic heterocycles. The van der Waals surface area contributed by atoms with Crippen molar-refractivity contribution in [2.75, 3.05) is 0 Å². The molecular weight excluding hydrogens is 341 g/mol. The molecule has 2 aliphatic carbocycles.